The number of aliphatic hydroxyl groups excluding tert-OH is 1. The van der Waals surface area contributed by atoms with E-state index in [1.165, 1.54) is 24.3 Å². The van der Waals surface area contributed by atoms with E-state index in [1.807, 2.05) is 43.6 Å². The molecule has 3 aliphatic heterocycles. The summed E-state index contributed by atoms with van der Waals surface area (Å²) in [6, 6.07) is 4.91. The number of alkyl halides is 8. The van der Waals surface area contributed by atoms with Crippen molar-refractivity contribution < 1.29 is 87.2 Å². The van der Waals surface area contributed by atoms with Crippen LogP contribution in [0.4, 0.5) is 64.1 Å². The Morgan fingerprint density at radius 2 is 1.27 bits per heavy atom. The first kappa shape index (κ1) is 68.6. The quantitative estimate of drug-likeness (QED) is 0.0244. The van der Waals surface area contributed by atoms with Gasteiger partial charge in [-0.25, -0.2) is 37.8 Å². The first-order valence-corrected chi connectivity index (χ1v) is 28.2. The monoisotopic (exact) mass is 1270 g/mol. The van der Waals surface area contributed by atoms with Crippen LogP contribution in [-0.4, -0.2) is 173 Å². The fraction of sp³-hybridized carbons (Fsp3) is 0.542. The highest BCUT2D eigenvalue weighted by atomic mass is 19.4. The van der Waals surface area contributed by atoms with Crippen LogP contribution in [0.3, 0.4) is 0 Å². The van der Waals surface area contributed by atoms with Gasteiger partial charge in [0, 0.05) is 98.5 Å². The average Bonchev–Trinajstić information content (AvgIpc) is 1.95. The second kappa shape index (κ2) is 27.5. The molecule has 2 unspecified atom stereocenters. The van der Waals surface area contributed by atoms with E-state index >= 15 is 8.78 Å². The Morgan fingerprint density at radius 3 is 1.76 bits per heavy atom. The zero-order valence-corrected chi connectivity index (χ0v) is 50.2. The third-order valence-corrected chi connectivity index (χ3v) is 16.0. The van der Waals surface area contributed by atoms with Gasteiger partial charge in [0.1, 0.15) is 35.1 Å². The van der Waals surface area contributed by atoms with E-state index in [2.05, 4.69) is 41.5 Å². The maximum Gasteiger partial charge on any atom is 0.410 e. The maximum atomic E-state index is 16.1. The molecule has 486 valence electrons. The molecule has 2 aromatic carbocycles. The smallest absolute Gasteiger partial charge is 0.410 e. The largest absolute Gasteiger partial charge is 0.453 e. The van der Waals surface area contributed by atoms with Crippen molar-refractivity contribution in [3.05, 3.63) is 101 Å². The minimum Gasteiger partial charge on any atom is -0.453 e. The topological polar surface area (TPSA) is 225 Å². The highest BCUT2D eigenvalue weighted by Gasteiger charge is 2.57. The zero-order chi connectivity index (χ0) is 65.7. The van der Waals surface area contributed by atoms with Crippen LogP contribution < -0.4 is 26.3 Å². The number of aliphatic hydroxyl groups is 1. The van der Waals surface area contributed by atoms with Crippen molar-refractivity contribution in [2.24, 2.45) is 16.7 Å². The number of hydrazine groups is 1. The number of likely N-dealkylation sites (tertiary alicyclic amines) is 1. The van der Waals surface area contributed by atoms with Gasteiger partial charge in [-0.3, -0.25) is 19.9 Å². The number of anilines is 1. The molecule has 6 atom stereocenters. The molecule has 0 saturated carbocycles. The van der Waals surface area contributed by atoms with Gasteiger partial charge in [0.25, 0.3) is 5.91 Å². The number of fused-ring (bicyclic) bond motifs is 2. The minimum absolute atomic E-state index is 0.179. The molecule has 89 heavy (non-hydrogen) atoms. The Hall–Kier alpha value is -7.91. The Balaban J connectivity index is 1.13. The van der Waals surface area contributed by atoms with Crippen molar-refractivity contribution in [3.8, 4) is 23.0 Å². The molecule has 2 aromatic heterocycles. The van der Waals surface area contributed by atoms with E-state index in [0.29, 0.717) is 87.1 Å². The molecule has 5 amide bonds. The normalized spacial score (nSPS) is 18.0. The van der Waals surface area contributed by atoms with E-state index in [0.717, 1.165) is 64.9 Å². The molecule has 2 bridgehead atoms. The van der Waals surface area contributed by atoms with Gasteiger partial charge in [0.15, 0.2) is 0 Å². The Labute approximate surface area is 506 Å². The summed E-state index contributed by atoms with van der Waals surface area (Å²) in [4.78, 5) is 76.8. The molecule has 0 aliphatic carbocycles. The van der Waals surface area contributed by atoms with Crippen molar-refractivity contribution in [2.45, 2.75) is 135 Å². The molecule has 0 spiro atoms. The number of hydrogen-bond acceptors (Lipinski definition) is 14. The number of carbonyl (C=O) groups is 5. The van der Waals surface area contributed by atoms with Gasteiger partial charge >= 0.3 is 37.2 Å². The van der Waals surface area contributed by atoms with E-state index in [-0.39, 0.29) is 27.5 Å². The van der Waals surface area contributed by atoms with Gasteiger partial charge in [-0.1, -0.05) is 24.0 Å². The van der Waals surface area contributed by atoms with Gasteiger partial charge in [0.05, 0.1) is 43.4 Å². The number of amides is 5. The lowest BCUT2D eigenvalue weighted by Crippen LogP contribution is -2.63. The standard InChI is InChI=1S/C59H71F10N11O9/c1-55(2,3)89-54(86)77-25-36(26-77)27-79-39-17-18-40(79)30-76(29-39)46-19-16-35(23-70-46)15-12-33-10-13-34(14-11-33)20-44(72-49(82)47(73-52(84)87-8)56(4,5)58(64,65)66)45(81)32-78(75-50(83)48(74-53(85)88-9)57(6,7)59(67,68)69)31-41-42(60)21-37(22-43(41)61)38-24-71-80(28-38)51(62)63/h10-11,13-14,16,19,21-24,28,36,39-40,44-45,47-48,51,81H,17-18,20,25-27,29-32H2,1-9H3,(H,72,82)(H,73,84)(H,74,85)(H,75,83)/t39?,40?,44-,45-,47+,48+/m0/s1. The highest BCUT2D eigenvalue weighted by molar-refractivity contribution is 5.87. The number of aromatic nitrogens is 3. The van der Waals surface area contributed by atoms with E-state index in [9.17, 15) is 64.2 Å². The number of ether oxygens (including phenoxy) is 3. The Bertz CT molecular complexity index is 3200. The third kappa shape index (κ3) is 16.9. The van der Waals surface area contributed by atoms with Crippen molar-refractivity contribution in [3.63, 3.8) is 0 Å². The fourth-order valence-corrected chi connectivity index (χ4v) is 10.5. The molecule has 5 N–H and O–H groups in total. The zero-order valence-electron chi connectivity index (χ0n) is 50.2. The van der Waals surface area contributed by atoms with Crippen LogP contribution in [0.5, 0.6) is 0 Å². The summed E-state index contributed by atoms with van der Waals surface area (Å²) in [5, 5.41) is 22.0. The van der Waals surface area contributed by atoms with Crippen LogP contribution in [0.15, 0.2) is 67.1 Å². The second-order valence-electron chi connectivity index (χ2n) is 24.3. The van der Waals surface area contributed by atoms with Gasteiger partial charge in [-0.15, -0.1) is 0 Å². The highest BCUT2D eigenvalue weighted by Crippen LogP contribution is 2.42. The van der Waals surface area contributed by atoms with Crippen molar-refractivity contribution in [1.29, 1.82) is 0 Å². The number of alkyl carbamates (subject to hydrolysis) is 2. The molecule has 4 aromatic rings. The first-order chi connectivity index (χ1) is 41.5. The van der Waals surface area contributed by atoms with Crippen LogP contribution in [0.1, 0.15) is 90.1 Å². The number of hydrogen-bond donors (Lipinski definition) is 5. The summed E-state index contributed by atoms with van der Waals surface area (Å²) < 4.78 is 161. The van der Waals surface area contributed by atoms with Crippen molar-refractivity contribution in [2.75, 3.05) is 58.4 Å². The summed E-state index contributed by atoms with van der Waals surface area (Å²) >= 11 is 0. The van der Waals surface area contributed by atoms with E-state index < -0.39 is 120 Å². The molecule has 20 nitrogen and oxygen atoms in total. The van der Waals surface area contributed by atoms with Crippen molar-refractivity contribution in [1.82, 2.24) is 50.9 Å². The number of nitrogens with zero attached hydrogens (tertiary/aromatic N) is 7. The fourth-order valence-electron chi connectivity index (χ4n) is 10.5. The Kier molecular flexibility index (Phi) is 21.2. The van der Waals surface area contributed by atoms with Crippen LogP contribution in [0.2, 0.25) is 0 Å². The predicted molar refractivity (Wildman–Crippen MR) is 301 cm³/mol. The number of rotatable bonds is 20. The SMILES string of the molecule is COC(=O)N[C@H](C(=O)N[C@@H](Cc1ccc(C#Cc2ccc(N3CC4CCC(C3)N4CC3CN(C(=O)OC(C)(C)C)C3)nc2)cc1)[C@@H](O)CN(Cc1c(F)cc(-c2cnn(C(F)F)c2)cc1F)NC(=O)[C@@H](NC(=O)OC)C(C)(C)C(F)(F)F)C(C)(C)C(F)(F)F. The number of pyridine rings is 1. The number of nitrogens with one attached hydrogen (secondary N) is 4. The molecular formula is C59H71F10N11O9. The molecule has 3 saturated heterocycles. The number of carbonyl (C=O) groups excluding carboxylic acids is 5. The number of methoxy groups -OCH3 is 2. The van der Waals surface area contributed by atoms with Crippen LogP contribution >= 0.6 is 0 Å². The summed E-state index contributed by atoms with van der Waals surface area (Å²) in [5.74, 6) is 1.11. The van der Waals surface area contributed by atoms with E-state index in [4.69, 9.17) is 9.72 Å². The average molecular weight is 1270 g/mol. The predicted octanol–water partition coefficient (Wildman–Crippen LogP) is 8.09. The van der Waals surface area contributed by atoms with Gasteiger partial charge in [-0.05, 0) is 115 Å². The summed E-state index contributed by atoms with van der Waals surface area (Å²) in [6.45, 7) is 6.09. The minimum atomic E-state index is -5.24. The van der Waals surface area contributed by atoms with Crippen molar-refractivity contribution >= 4 is 35.9 Å². The molecular weight excluding hydrogens is 1200 g/mol. The van der Waals surface area contributed by atoms with Crippen LogP contribution in [0.25, 0.3) is 11.1 Å². The lowest BCUT2D eigenvalue weighted by atomic mass is 9.82. The molecule has 30 heteroatoms. The Morgan fingerprint density at radius 1 is 0.730 bits per heavy atom. The molecule has 3 aliphatic rings. The van der Waals surface area contributed by atoms with Gasteiger partial charge < -0.3 is 45.1 Å². The number of piperazine rings is 1. The second-order valence-corrected chi connectivity index (χ2v) is 24.3. The maximum absolute atomic E-state index is 16.1. The van der Waals surface area contributed by atoms with Gasteiger partial charge in [0.2, 0.25) is 5.91 Å². The third-order valence-electron chi connectivity index (χ3n) is 16.0. The van der Waals surface area contributed by atoms with E-state index in [1.54, 1.807) is 16.4 Å². The van der Waals surface area contributed by atoms with Gasteiger partial charge in [-0.2, -0.15) is 40.2 Å². The lowest BCUT2D eigenvalue weighted by Gasteiger charge is -2.46. The summed E-state index contributed by atoms with van der Waals surface area (Å²) in [7, 11) is 1.60. The van der Waals surface area contributed by atoms with Crippen LogP contribution in [0, 0.1) is 40.2 Å². The number of benzene rings is 2. The van der Waals surface area contributed by atoms with Crippen LogP contribution in [-0.2, 0) is 36.8 Å². The number of halogens is 10. The summed E-state index contributed by atoms with van der Waals surface area (Å²) in [5.41, 5.74) is -4.88. The first-order valence-electron chi connectivity index (χ1n) is 28.2. The molecule has 0 radical (unpaired) electrons. The molecule has 5 heterocycles. The molecule has 3 fully saturated rings. The molecule has 7 rings (SSSR count). The lowest BCUT2D eigenvalue weighted by molar-refractivity contribution is -0.221. The summed E-state index contributed by atoms with van der Waals surface area (Å²) in [6.07, 6.45) is -11.0.